The van der Waals surface area contributed by atoms with Crippen molar-refractivity contribution in [2.24, 2.45) is 0 Å². The van der Waals surface area contributed by atoms with E-state index in [0.29, 0.717) is 11.3 Å². The lowest BCUT2D eigenvalue weighted by molar-refractivity contribution is -0.114. The van der Waals surface area contributed by atoms with E-state index in [4.69, 9.17) is 4.74 Å². The van der Waals surface area contributed by atoms with Crippen molar-refractivity contribution in [3.63, 3.8) is 0 Å². The predicted octanol–water partition coefficient (Wildman–Crippen LogP) is 4.19. The van der Waals surface area contributed by atoms with Crippen LogP contribution in [0.15, 0.2) is 78.9 Å². The van der Waals surface area contributed by atoms with E-state index >= 15 is 0 Å². The van der Waals surface area contributed by atoms with Gasteiger partial charge in [0.15, 0.2) is 0 Å². The Morgan fingerprint density at radius 1 is 0.889 bits per heavy atom. The lowest BCUT2D eigenvalue weighted by atomic mass is 10.0. The van der Waals surface area contributed by atoms with E-state index in [9.17, 15) is 9.59 Å². The van der Waals surface area contributed by atoms with Crippen molar-refractivity contribution >= 4 is 23.3 Å². The Labute approximate surface area is 158 Å². The van der Waals surface area contributed by atoms with E-state index in [1.54, 1.807) is 24.3 Å². The standard InChI is InChI=1S/C22H20N2O3/c1-27-22(26)17-10-7-11-18(14-17)23-15-21(25)24-20-13-6-5-12-19(20)16-8-3-2-4-9-16/h2-14,23H,15H2,1H3,(H,24,25). The van der Waals surface area contributed by atoms with Crippen molar-refractivity contribution in [1.29, 1.82) is 0 Å². The quantitative estimate of drug-likeness (QED) is 0.647. The van der Waals surface area contributed by atoms with Crippen LogP contribution in [0.5, 0.6) is 0 Å². The van der Waals surface area contributed by atoms with Crippen LogP contribution in [0, 0.1) is 0 Å². The SMILES string of the molecule is COC(=O)c1cccc(NCC(=O)Nc2ccccc2-c2ccccc2)c1. The van der Waals surface area contributed by atoms with Crippen LogP contribution in [0.2, 0.25) is 0 Å². The molecule has 5 nitrogen and oxygen atoms in total. The monoisotopic (exact) mass is 360 g/mol. The molecule has 0 atom stereocenters. The predicted molar refractivity (Wildman–Crippen MR) is 107 cm³/mol. The van der Waals surface area contributed by atoms with Crippen molar-refractivity contribution in [2.45, 2.75) is 0 Å². The van der Waals surface area contributed by atoms with Crippen LogP contribution < -0.4 is 10.6 Å². The average molecular weight is 360 g/mol. The van der Waals surface area contributed by atoms with Gasteiger partial charge in [-0.15, -0.1) is 0 Å². The van der Waals surface area contributed by atoms with Crippen molar-refractivity contribution in [1.82, 2.24) is 0 Å². The van der Waals surface area contributed by atoms with E-state index < -0.39 is 5.97 Å². The van der Waals surface area contributed by atoms with Crippen molar-refractivity contribution in [3.05, 3.63) is 84.4 Å². The van der Waals surface area contributed by atoms with E-state index in [2.05, 4.69) is 10.6 Å². The molecular formula is C22H20N2O3. The third-order valence-corrected chi connectivity index (χ3v) is 4.02. The maximum absolute atomic E-state index is 12.4. The summed E-state index contributed by atoms with van der Waals surface area (Å²) >= 11 is 0. The summed E-state index contributed by atoms with van der Waals surface area (Å²) in [6.07, 6.45) is 0. The third-order valence-electron chi connectivity index (χ3n) is 4.02. The third kappa shape index (κ3) is 4.73. The van der Waals surface area contributed by atoms with Crippen LogP contribution in [0.1, 0.15) is 10.4 Å². The van der Waals surface area contributed by atoms with E-state index in [1.165, 1.54) is 7.11 Å². The highest BCUT2D eigenvalue weighted by Crippen LogP contribution is 2.27. The number of methoxy groups -OCH3 is 1. The topological polar surface area (TPSA) is 67.4 Å². The molecule has 0 saturated heterocycles. The van der Waals surface area contributed by atoms with Gasteiger partial charge in [0.1, 0.15) is 0 Å². The number of amides is 1. The molecule has 0 fully saturated rings. The maximum atomic E-state index is 12.4. The van der Waals surface area contributed by atoms with E-state index in [0.717, 1.165) is 16.8 Å². The first kappa shape index (κ1) is 18.2. The van der Waals surface area contributed by atoms with Crippen molar-refractivity contribution in [2.75, 3.05) is 24.3 Å². The van der Waals surface area contributed by atoms with E-state index in [1.807, 2.05) is 54.6 Å². The minimum absolute atomic E-state index is 0.0771. The number of carbonyl (C=O) groups is 2. The molecule has 0 unspecified atom stereocenters. The molecule has 0 aliphatic carbocycles. The number of rotatable bonds is 6. The molecule has 0 spiro atoms. The summed E-state index contributed by atoms with van der Waals surface area (Å²) in [6.45, 7) is 0.0771. The maximum Gasteiger partial charge on any atom is 0.337 e. The Kier molecular flexibility index (Phi) is 5.84. The summed E-state index contributed by atoms with van der Waals surface area (Å²) in [5.41, 5.74) is 3.84. The number of ether oxygens (including phenoxy) is 1. The number of hydrogen-bond acceptors (Lipinski definition) is 4. The van der Waals surface area contributed by atoms with Gasteiger partial charge in [0.2, 0.25) is 5.91 Å². The van der Waals surface area contributed by atoms with Gasteiger partial charge in [-0.2, -0.15) is 0 Å². The van der Waals surface area contributed by atoms with Crippen molar-refractivity contribution in [3.8, 4) is 11.1 Å². The number of nitrogens with one attached hydrogen (secondary N) is 2. The zero-order valence-electron chi connectivity index (χ0n) is 14.9. The molecule has 3 aromatic rings. The minimum Gasteiger partial charge on any atom is -0.465 e. The van der Waals surface area contributed by atoms with Gasteiger partial charge in [-0.1, -0.05) is 54.6 Å². The molecule has 0 aliphatic rings. The van der Waals surface area contributed by atoms with Gasteiger partial charge in [0.25, 0.3) is 0 Å². The molecule has 27 heavy (non-hydrogen) atoms. The first-order valence-electron chi connectivity index (χ1n) is 8.54. The number of anilines is 2. The fraction of sp³-hybridized carbons (Fsp3) is 0.0909. The highest BCUT2D eigenvalue weighted by Gasteiger charge is 2.09. The number of esters is 1. The van der Waals surface area contributed by atoms with Crippen LogP contribution in [-0.2, 0) is 9.53 Å². The largest absolute Gasteiger partial charge is 0.465 e. The zero-order chi connectivity index (χ0) is 19.1. The number of hydrogen-bond donors (Lipinski definition) is 2. The zero-order valence-corrected chi connectivity index (χ0v) is 14.9. The summed E-state index contributed by atoms with van der Waals surface area (Å²) in [5.74, 6) is -0.596. The van der Waals surface area contributed by atoms with Gasteiger partial charge in [-0.25, -0.2) is 4.79 Å². The summed E-state index contributed by atoms with van der Waals surface area (Å²) in [6, 6.07) is 24.4. The molecule has 0 heterocycles. The van der Waals surface area contributed by atoms with Crippen LogP contribution in [0.3, 0.4) is 0 Å². The first-order chi connectivity index (χ1) is 13.2. The average Bonchev–Trinajstić information content (AvgIpc) is 2.73. The molecule has 2 N–H and O–H groups in total. The molecule has 0 bridgehead atoms. The normalized spacial score (nSPS) is 10.1. The summed E-state index contributed by atoms with van der Waals surface area (Å²) in [7, 11) is 1.33. The highest BCUT2D eigenvalue weighted by atomic mass is 16.5. The summed E-state index contributed by atoms with van der Waals surface area (Å²) < 4.78 is 4.71. The second-order valence-electron chi connectivity index (χ2n) is 5.89. The molecule has 0 aromatic heterocycles. The lowest BCUT2D eigenvalue weighted by Crippen LogP contribution is -2.22. The Hall–Kier alpha value is -3.60. The summed E-state index contributed by atoms with van der Waals surface area (Å²) in [5, 5.41) is 5.96. The summed E-state index contributed by atoms with van der Waals surface area (Å²) in [4.78, 5) is 24.0. The second kappa shape index (κ2) is 8.67. The van der Waals surface area contributed by atoms with Gasteiger partial charge in [-0.05, 0) is 29.8 Å². The molecule has 3 aromatic carbocycles. The van der Waals surface area contributed by atoms with Gasteiger partial charge in [0, 0.05) is 16.9 Å². The second-order valence-corrected chi connectivity index (χ2v) is 5.89. The van der Waals surface area contributed by atoms with Gasteiger partial charge >= 0.3 is 5.97 Å². The Bertz CT molecular complexity index is 939. The van der Waals surface area contributed by atoms with Gasteiger partial charge < -0.3 is 15.4 Å². The fourth-order valence-corrected chi connectivity index (χ4v) is 2.71. The van der Waals surface area contributed by atoms with Crippen molar-refractivity contribution < 1.29 is 14.3 Å². The smallest absolute Gasteiger partial charge is 0.337 e. The molecule has 5 heteroatoms. The Balaban J connectivity index is 1.67. The number of benzene rings is 3. The highest BCUT2D eigenvalue weighted by molar-refractivity contribution is 5.98. The molecule has 3 rings (SSSR count). The Morgan fingerprint density at radius 3 is 2.41 bits per heavy atom. The molecule has 0 aliphatic heterocycles. The molecule has 0 radical (unpaired) electrons. The lowest BCUT2D eigenvalue weighted by Gasteiger charge is -2.12. The fourth-order valence-electron chi connectivity index (χ4n) is 2.71. The van der Waals surface area contributed by atoms with Gasteiger partial charge in [0.05, 0.1) is 19.2 Å². The molecule has 136 valence electrons. The van der Waals surface area contributed by atoms with Crippen LogP contribution in [0.4, 0.5) is 11.4 Å². The molecular weight excluding hydrogens is 340 g/mol. The van der Waals surface area contributed by atoms with Crippen LogP contribution in [-0.4, -0.2) is 25.5 Å². The van der Waals surface area contributed by atoms with E-state index in [-0.39, 0.29) is 12.5 Å². The Morgan fingerprint density at radius 2 is 1.63 bits per heavy atom. The molecule has 1 amide bonds. The number of carbonyl (C=O) groups excluding carboxylic acids is 2. The molecule has 0 saturated carbocycles. The first-order valence-corrected chi connectivity index (χ1v) is 8.54. The van der Waals surface area contributed by atoms with Crippen LogP contribution >= 0.6 is 0 Å². The van der Waals surface area contributed by atoms with Gasteiger partial charge in [-0.3, -0.25) is 4.79 Å². The van der Waals surface area contributed by atoms with Crippen LogP contribution in [0.25, 0.3) is 11.1 Å². The number of para-hydroxylation sites is 1. The minimum atomic E-state index is -0.417.